The second-order valence-corrected chi connectivity index (χ2v) is 13.6. The molecule has 0 bridgehead atoms. The molecule has 0 aromatic carbocycles. The van der Waals surface area contributed by atoms with E-state index in [0.29, 0.717) is 6.42 Å². The zero-order valence-electron chi connectivity index (χ0n) is 27.2. The molecule has 0 fully saturated rings. The predicted octanol–water partition coefficient (Wildman–Crippen LogP) is 9.04. The summed E-state index contributed by atoms with van der Waals surface area (Å²) < 4.78 is 485. The summed E-state index contributed by atoms with van der Waals surface area (Å²) in [6.07, 6.45) is -15.3. The van der Waals surface area contributed by atoms with E-state index in [1.54, 1.807) is 0 Å². The predicted molar refractivity (Wildman–Crippen MR) is 123 cm³/mol. The molecule has 384 valence electrons. The zero-order valence-corrected chi connectivity index (χ0v) is 28.8. The third-order valence-electron chi connectivity index (χ3n) is 6.35. The van der Waals surface area contributed by atoms with E-state index in [-0.39, 0.29) is 13.2 Å². The van der Waals surface area contributed by atoms with Crippen LogP contribution < -0.4 is 0 Å². The van der Waals surface area contributed by atoms with Gasteiger partial charge < -0.3 is 10.2 Å². The van der Waals surface area contributed by atoms with Crippen LogP contribution in [0, 0.1) is 0 Å². The number of hydrogen-bond donors (Lipinski definition) is 4. The average Bonchev–Trinajstić information content (AvgIpc) is 3.02. The number of rotatable bonds is 16. The van der Waals surface area contributed by atoms with E-state index in [0.717, 1.165) is 0 Å². The fourth-order valence-corrected chi connectivity index (χ4v) is 3.60. The monoisotopic (exact) mass is 1080 g/mol. The second-order valence-electron chi connectivity index (χ2n) is 10.7. The van der Waals surface area contributed by atoms with Crippen molar-refractivity contribution in [2.24, 2.45) is 0 Å². The van der Waals surface area contributed by atoms with Gasteiger partial charge in [0.05, 0.1) is 0 Å². The Labute approximate surface area is 320 Å². The Morgan fingerprint density at radius 3 is 0.476 bits per heavy atom. The van der Waals surface area contributed by atoms with Crippen LogP contribution in [0.25, 0.3) is 0 Å². The first-order chi connectivity index (χ1) is 26.4. The van der Waals surface area contributed by atoms with Crippen LogP contribution in [0.4, 0.5) is 149 Å². The molecule has 0 saturated heterocycles. The molecule has 0 aliphatic carbocycles. The van der Waals surface area contributed by atoms with Crippen molar-refractivity contribution < 1.29 is 185 Å². The molecule has 0 rings (SSSR count). The molecule has 0 radical (unpaired) electrons. The highest BCUT2D eigenvalue weighted by Gasteiger charge is 2.98. The van der Waals surface area contributed by atoms with Crippen molar-refractivity contribution >= 4 is 20.2 Å². The summed E-state index contributed by atoms with van der Waals surface area (Å²) in [5, 5.41) is 0.128. The third kappa shape index (κ3) is 9.50. The summed E-state index contributed by atoms with van der Waals surface area (Å²) in [6.45, 7) is 0.188. The van der Waals surface area contributed by atoms with Crippen LogP contribution in [0.15, 0.2) is 0 Å². The Hall–Kier alpha value is -2.64. The molecule has 0 atom stereocenters. The summed E-state index contributed by atoms with van der Waals surface area (Å²) >= 11 is 0. The lowest BCUT2D eigenvalue weighted by Crippen LogP contribution is -2.74. The molecule has 8 nitrogen and oxygen atoms in total. The van der Waals surface area contributed by atoms with E-state index in [1.807, 2.05) is 0 Å². The van der Waals surface area contributed by atoms with E-state index in [9.17, 15) is 166 Å². The number of aliphatic hydroxyl groups is 2. The van der Waals surface area contributed by atoms with Crippen molar-refractivity contribution in [3.05, 3.63) is 0 Å². The van der Waals surface area contributed by atoms with Crippen LogP contribution in [0.5, 0.6) is 0 Å². The van der Waals surface area contributed by atoms with Gasteiger partial charge in [-0.3, -0.25) is 9.11 Å². The zero-order chi connectivity index (χ0) is 53.1. The second kappa shape index (κ2) is 17.2. The molecule has 44 heteroatoms. The van der Waals surface area contributed by atoms with Gasteiger partial charge in [0.1, 0.15) is 0 Å². The van der Waals surface area contributed by atoms with Gasteiger partial charge in [-0.05, 0) is 6.42 Å². The van der Waals surface area contributed by atoms with Crippen molar-refractivity contribution in [1.82, 2.24) is 0 Å². The van der Waals surface area contributed by atoms with Gasteiger partial charge in [-0.15, -0.1) is 0 Å². The summed E-state index contributed by atoms with van der Waals surface area (Å²) in [5.74, 6) is -104. The van der Waals surface area contributed by atoms with Crippen LogP contribution in [0.1, 0.15) is 6.42 Å². The molecule has 0 spiro atoms. The normalized spacial score (nSPS) is 16.2. The molecule has 0 saturated carbocycles. The van der Waals surface area contributed by atoms with E-state index >= 15 is 0 Å². The molecular formula is C19H10F34O8S2. The lowest BCUT2D eigenvalue weighted by Gasteiger charge is -2.42. The van der Waals surface area contributed by atoms with Crippen molar-refractivity contribution in [3.63, 3.8) is 0 Å². The first kappa shape index (κ1) is 64.6. The third-order valence-corrected chi connectivity index (χ3v) is 8.16. The molecule has 0 aromatic heterocycles. The minimum absolute atomic E-state index is 0.0938. The quantitative estimate of drug-likeness (QED) is 0.0885. The van der Waals surface area contributed by atoms with Gasteiger partial charge in [-0.25, -0.2) is 0 Å². The molecule has 0 aliphatic rings. The summed E-state index contributed by atoms with van der Waals surface area (Å²) in [6, 6.07) is 0. The van der Waals surface area contributed by atoms with Crippen LogP contribution >= 0.6 is 0 Å². The Kier molecular flexibility index (Phi) is 17.7. The van der Waals surface area contributed by atoms with E-state index in [4.69, 9.17) is 19.3 Å². The van der Waals surface area contributed by atoms with E-state index in [2.05, 4.69) is 0 Å². The number of halogens is 34. The Balaban J connectivity index is -0.00000103. The molecular weight excluding hydrogens is 1070 g/mol. The van der Waals surface area contributed by atoms with E-state index < -0.39 is 114 Å². The fourth-order valence-electron chi connectivity index (χ4n) is 2.69. The molecule has 4 N–H and O–H groups in total. The number of aliphatic hydroxyl groups excluding tert-OH is 2. The van der Waals surface area contributed by atoms with Gasteiger partial charge >= 0.3 is 114 Å². The lowest BCUT2D eigenvalue weighted by molar-refractivity contribution is -0.458. The SMILES string of the molecule is O=S(=O)(O)C(F)(F)C(F)(F)C(F)(F)C(F)(F)C(F)(F)C(F)(F)C(F)(F)C(F)(F)F.O=S(=O)(O)C(F)(F)C(F)(F)C(F)(F)C(F)(F)C(F)(F)C(F)(F)C(F)(F)C(F)(F)F.OCCCO. The van der Waals surface area contributed by atoms with Crippen molar-refractivity contribution in [3.8, 4) is 0 Å². The molecule has 63 heavy (non-hydrogen) atoms. The van der Waals surface area contributed by atoms with Crippen LogP contribution in [-0.2, 0) is 20.2 Å². The number of alkyl halides is 34. The highest BCUT2D eigenvalue weighted by molar-refractivity contribution is 7.87. The van der Waals surface area contributed by atoms with Gasteiger partial charge in [0.25, 0.3) is 0 Å². The fraction of sp³-hybridized carbons (Fsp3) is 1.00. The highest BCUT2D eigenvalue weighted by atomic mass is 32.2. The Morgan fingerprint density at radius 2 is 0.381 bits per heavy atom. The summed E-state index contributed by atoms with van der Waals surface area (Å²) in [5.41, 5.74) is 0. The maximum Gasteiger partial charge on any atom is 0.460 e. The highest BCUT2D eigenvalue weighted by Crippen LogP contribution is 2.66. The maximum absolute atomic E-state index is 13.0. The van der Waals surface area contributed by atoms with E-state index in [1.165, 1.54) is 0 Å². The van der Waals surface area contributed by atoms with Gasteiger partial charge in [-0.2, -0.15) is 166 Å². The van der Waals surface area contributed by atoms with Crippen LogP contribution in [-0.4, -0.2) is 143 Å². The average molecular weight is 1080 g/mol. The minimum atomic E-state index is -8.89. The smallest absolute Gasteiger partial charge is 0.396 e. The molecule has 0 heterocycles. The van der Waals surface area contributed by atoms with Crippen molar-refractivity contribution in [2.45, 2.75) is 100 Å². The summed E-state index contributed by atoms with van der Waals surface area (Å²) in [4.78, 5) is 0. The Morgan fingerprint density at radius 1 is 0.254 bits per heavy atom. The maximum atomic E-state index is 13.0. The first-order valence-electron chi connectivity index (χ1n) is 13.0. The standard InChI is InChI=1S/2C8HF17O3S.C3H8O2/c2*9-1(10,3(13,14)5(17,18)7(21,22)23)2(11,12)4(15,16)6(19,20)8(24,25)29(26,27)28;4-2-1-3-5/h2*(H,26,27,28);4-5H,1-3H2. The first-order valence-corrected chi connectivity index (χ1v) is 15.9. The molecule has 0 aliphatic heterocycles. The molecule has 0 amide bonds. The van der Waals surface area contributed by atoms with Gasteiger partial charge in [-0.1, -0.05) is 0 Å². The topological polar surface area (TPSA) is 149 Å². The minimum Gasteiger partial charge on any atom is -0.396 e. The van der Waals surface area contributed by atoms with Crippen LogP contribution in [0.2, 0.25) is 0 Å². The lowest BCUT2D eigenvalue weighted by atomic mass is 9.91. The number of hydrogen-bond acceptors (Lipinski definition) is 6. The summed E-state index contributed by atoms with van der Waals surface area (Å²) in [7, 11) is -15.8. The van der Waals surface area contributed by atoms with Gasteiger partial charge in [0.15, 0.2) is 0 Å². The largest absolute Gasteiger partial charge is 0.460 e. The van der Waals surface area contributed by atoms with Crippen LogP contribution in [0.3, 0.4) is 0 Å². The van der Waals surface area contributed by atoms with Crippen molar-refractivity contribution in [1.29, 1.82) is 0 Å². The molecule has 0 aromatic rings. The van der Waals surface area contributed by atoms with Gasteiger partial charge in [0, 0.05) is 13.2 Å². The van der Waals surface area contributed by atoms with Crippen molar-refractivity contribution in [2.75, 3.05) is 13.2 Å². The van der Waals surface area contributed by atoms with Gasteiger partial charge in [0.2, 0.25) is 0 Å². The Bertz CT molecular complexity index is 1650. The molecule has 0 unspecified atom stereocenters.